The van der Waals surface area contributed by atoms with Gasteiger partial charge in [0.15, 0.2) is 5.96 Å². The standard InChI is InChI=1S/C22H32N6O/c1-23-22(28-12-13-29-21(17-28)20-14-25-26(2)15-20)24-9-5-10-27-11-8-18-6-3-4-7-19(18)16-27/h3-4,6-7,14-15,21H,5,8-13,16-17H2,1-2H3,(H,23,24). The van der Waals surface area contributed by atoms with Crippen molar-refractivity contribution in [3.05, 3.63) is 53.3 Å². The summed E-state index contributed by atoms with van der Waals surface area (Å²) in [6, 6.07) is 8.82. The van der Waals surface area contributed by atoms with E-state index in [0.717, 1.165) is 63.6 Å². The van der Waals surface area contributed by atoms with E-state index in [1.165, 1.54) is 11.1 Å². The van der Waals surface area contributed by atoms with Gasteiger partial charge in [0.1, 0.15) is 6.10 Å². The van der Waals surface area contributed by atoms with Crippen molar-refractivity contribution < 1.29 is 4.74 Å². The number of fused-ring (bicyclic) bond motifs is 1. The van der Waals surface area contributed by atoms with Crippen molar-refractivity contribution in [1.82, 2.24) is 24.9 Å². The molecule has 0 aliphatic carbocycles. The Labute approximate surface area is 173 Å². The fourth-order valence-corrected chi connectivity index (χ4v) is 4.23. The van der Waals surface area contributed by atoms with Gasteiger partial charge in [0.05, 0.1) is 19.3 Å². The number of benzene rings is 1. The second kappa shape index (κ2) is 9.41. The first-order chi connectivity index (χ1) is 14.2. The van der Waals surface area contributed by atoms with E-state index in [1.54, 1.807) is 0 Å². The lowest BCUT2D eigenvalue weighted by atomic mass is 10.00. The van der Waals surface area contributed by atoms with Crippen LogP contribution in [-0.2, 0) is 24.8 Å². The van der Waals surface area contributed by atoms with E-state index in [1.807, 2.05) is 31.2 Å². The zero-order valence-corrected chi connectivity index (χ0v) is 17.5. The highest BCUT2D eigenvalue weighted by atomic mass is 16.5. The Morgan fingerprint density at radius 1 is 1.28 bits per heavy atom. The van der Waals surface area contributed by atoms with Crippen LogP contribution >= 0.6 is 0 Å². The van der Waals surface area contributed by atoms with Gasteiger partial charge in [-0.25, -0.2) is 0 Å². The molecule has 3 heterocycles. The first-order valence-electron chi connectivity index (χ1n) is 10.6. The number of morpholine rings is 1. The lowest BCUT2D eigenvalue weighted by Gasteiger charge is -2.35. The van der Waals surface area contributed by atoms with Gasteiger partial charge in [0.2, 0.25) is 0 Å². The number of rotatable bonds is 5. The normalized spacial score (nSPS) is 20.6. The molecule has 2 aliphatic rings. The maximum atomic E-state index is 5.95. The number of hydrogen-bond acceptors (Lipinski definition) is 4. The fraction of sp³-hybridized carbons (Fsp3) is 0.545. The van der Waals surface area contributed by atoms with Gasteiger partial charge < -0.3 is 15.0 Å². The summed E-state index contributed by atoms with van der Waals surface area (Å²) in [6.07, 6.45) is 6.23. The lowest BCUT2D eigenvalue weighted by Crippen LogP contribution is -2.48. The molecule has 4 rings (SSSR count). The molecule has 2 aliphatic heterocycles. The van der Waals surface area contributed by atoms with Gasteiger partial charge in [-0.3, -0.25) is 14.6 Å². The largest absolute Gasteiger partial charge is 0.370 e. The Kier molecular flexibility index (Phi) is 6.46. The summed E-state index contributed by atoms with van der Waals surface area (Å²) in [7, 11) is 3.80. The molecule has 156 valence electrons. The first kappa shape index (κ1) is 19.9. The number of ether oxygens (including phenoxy) is 1. The SMILES string of the molecule is CN=C(NCCCN1CCc2ccccc2C1)N1CCOC(c2cnn(C)c2)C1. The predicted octanol–water partition coefficient (Wildman–Crippen LogP) is 1.82. The topological polar surface area (TPSA) is 57.9 Å². The smallest absolute Gasteiger partial charge is 0.193 e. The number of aliphatic imine (C=N–C) groups is 1. The molecule has 0 amide bonds. The first-order valence-corrected chi connectivity index (χ1v) is 10.6. The fourth-order valence-electron chi connectivity index (χ4n) is 4.23. The minimum Gasteiger partial charge on any atom is -0.370 e. The van der Waals surface area contributed by atoms with Gasteiger partial charge in [0.25, 0.3) is 0 Å². The van der Waals surface area contributed by atoms with Gasteiger partial charge in [0, 0.05) is 58.6 Å². The van der Waals surface area contributed by atoms with Crippen molar-refractivity contribution in [2.75, 3.05) is 46.4 Å². The minimum absolute atomic E-state index is 0.0458. The number of nitrogens with one attached hydrogen (secondary N) is 1. The molecule has 0 bridgehead atoms. The number of aromatic nitrogens is 2. The Hall–Kier alpha value is -2.38. The molecule has 0 spiro atoms. The number of hydrogen-bond donors (Lipinski definition) is 1. The third kappa shape index (κ3) is 4.97. The maximum absolute atomic E-state index is 5.95. The second-order valence-corrected chi connectivity index (χ2v) is 7.88. The van der Waals surface area contributed by atoms with E-state index in [0.29, 0.717) is 6.61 Å². The van der Waals surface area contributed by atoms with E-state index in [4.69, 9.17) is 4.74 Å². The zero-order valence-electron chi connectivity index (χ0n) is 17.5. The van der Waals surface area contributed by atoms with E-state index in [2.05, 4.69) is 49.5 Å². The number of guanidine groups is 1. The average molecular weight is 397 g/mol. The van der Waals surface area contributed by atoms with Gasteiger partial charge in [-0.2, -0.15) is 5.10 Å². The lowest BCUT2D eigenvalue weighted by molar-refractivity contribution is -0.00802. The Bertz CT molecular complexity index is 832. The Morgan fingerprint density at radius 3 is 2.93 bits per heavy atom. The Morgan fingerprint density at radius 2 is 2.14 bits per heavy atom. The quantitative estimate of drug-likeness (QED) is 0.475. The van der Waals surface area contributed by atoms with Gasteiger partial charge >= 0.3 is 0 Å². The van der Waals surface area contributed by atoms with Crippen molar-refractivity contribution in [2.45, 2.75) is 25.5 Å². The molecule has 0 saturated carbocycles. The predicted molar refractivity (Wildman–Crippen MR) is 115 cm³/mol. The summed E-state index contributed by atoms with van der Waals surface area (Å²) >= 11 is 0. The molecule has 1 unspecified atom stereocenters. The third-order valence-corrected chi connectivity index (χ3v) is 5.82. The molecule has 1 aromatic carbocycles. The van der Waals surface area contributed by atoms with Crippen LogP contribution < -0.4 is 5.32 Å². The third-order valence-electron chi connectivity index (χ3n) is 5.82. The highest BCUT2D eigenvalue weighted by Gasteiger charge is 2.25. The second-order valence-electron chi connectivity index (χ2n) is 7.88. The van der Waals surface area contributed by atoms with Crippen LogP contribution in [0.2, 0.25) is 0 Å². The zero-order chi connectivity index (χ0) is 20.1. The summed E-state index contributed by atoms with van der Waals surface area (Å²) in [6.45, 7) is 6.63. The molecule has 1 fully saturated rings. The summed E-state index contributed by atoms with van der Waals surface area (Å²) in [5.41, 5.74) is 4.12. The van der Waals surface area contributed by atoms with Gasteiger partial charge in [-0.1, -0.05) is 24.3 Å². The van der Waals surface area contributed by atoms with Crippen molar-refractivity contribution >= 4 is 5.96 Å². The molecule has 1 saturated heterocycles. The van der Waals surface area contributed by atoms with Crippen molar-refractivity contribution in [1.29, 1.82) is 0 Å². The van der Waals surface area contributed by atoms with E-state index in [-0.39, 0.29) is 6.10 Å². The highest BCUT2D eigenvalue weighted by molar-refractivity contribution is 5.80. The van der Waals surface area contributed by atoms with E-state index < -0.39 is 0 Å². The maximum Gasteiger partial charge on any atom is 0.193 e. The average Bonchev–Trinajstić information content (AvgIpc) is 3.20. The molecule has 29 heavy (non-hydrogen) atoms. The molecular formula is C22H32N6O. The number of aryl methyl sites for hydroxylation is 1. The van der Waals surface area contributed by atoms with Crippen LogP contribution in [0.15, 0.2) is 41.7 Å². The van der Waals surface area contributed by atoms with Crippen LogP contribution in [0.1, 0.15) is 29.2 Å². The highest BCUT2D eigenvalue weighted by Crippen LogP contribution is 2.21. The monoisotopic (exact) mass is 396 g/mol. The molecule has 1 N–H and O–H groups in total. The van der Waals surface area contributed by atoms with Crippen molar-refractivity contribution in [2.24, 2.45) is 12.0 Å². The summed E-state index contributed by atoms with van der Waals surface area (Å²) in [5, 5.41) is 7.82. The molecule has 7 nitrogen and oxygen atoms in total. The summed E-state index contributed by atoms with van der Waals surface area (Å²) in [5.74, 6) is 0.964. The van der Waals surface area contributed by atoms with Crippen molar-refractivity contribution in [3.8, 4) is 0 Å². The molecule has 0 radical (unpaired) electrons. The minimum atomic E-state index is 0.0458. The molecule has 2 aromatic rings. The molecule has 1 aromatic heterocycles. The van der Waals surface area contributed by atoms with Crippen molar-refractivity contribution in [3.63, 3.8) is 0 Å². The van der Waals surface area contributed by atoms with Crippen LogP contribution in [-0.4, -0.2) is 71.9 Å². The molecule has 1 atom stereocenters. The van der Waals surface area contributed by atoms with E-state index >= 15 is 0 Å². The summed E-state index contributed by atoms with van der Waals surface area (Å²) < 4.78 is 7.77. The Balaban J connectivity index is 1.22. The van der Waals surface area contributed by atoms with Crippen LogP contribution in [0.3, 0.4) is 0 Å². The van der Waals surface area contributed by atoms with Crippen LogP contribution in [0.25, 0.3) is 0 Å². The van der Waals surface area contributed by atoms with Crippen LogP contribution in [0, 0.1) is 0 Å². The van der Waals surface area contributed by atoms with Gasteiger partial charge in [-0.15, -0.1) is 0 Å². The van der Waals surface area contributed by atoms with Gasteiger partial charge in [-0.05, 0) is 24.0 Å². The van der Waals surface area contributed by atoms with Crippen LogP contribution in [0.4, 0.5) is 0 Å². The molecule has 7 heteroatoms. The summed E-state index contributed by atoms with van der Waals surface area (Å²) in [4.78, 5) is 9.35. The number of nitrogens with zero attached hydrogens (tertiary/aromatic N) is 5. The van der Waals surface area contributed by atoms with E-state index in [9.17, 15) is 0 Å². The van der Waals surface area contributed by atoms with Crippen LogP contribution in [0.5, 0.6) is 0 Å². The molecular weight excluding hydrogens is 364 g/mol.